The quantitative estimate of drug-likeness (QED) is 0.761. The lowest BCUT2D eigenvalue weighted by Gasteiger charge is -2.47. The van der Waals surface area contributed by atoms with Gasteiger partial charge in [0.15, 0.2) is 0 Å². The molecule has 1 saturated heterocycles. The zero-order valence-corrected chi connectivity index (χ0v) is 14.5. The summed E-state index contributed by atoms with van der Waals surface area (Å²) in [4.78, 5) is 0. The molecule has 0 spiro atoms. The minimum absolute atomic E-state index is 0. The second-order valence-electron chi connectivity index (χ2n) is 4.72. The molecule has 118 valence electrons. The fraction of sp³-hybridized carbons (Fsp3) is 1.00. The molecule has 1 aliphatic heterocycles. The molecule has 5 nitrogen and oxygen atoms in total. The van der Waals surface area contributed by atoms with E-state index in [1.807, 2.05) is 6.92 Å². The van der Waals surface area contributed by atoms with Crippen LogP contribution in [-0.4, -0.2) is 41.7 Å². The van der Waals surface area contributed by atoms with Gasteiger partial charge in [-0.15, -0.1) is 0 Å². The van der Waals surface area contributed by atoms with E-state index in [0.717, 1.165) is 31.9 Å². The minimum atomic E-state index is -2.15. The van der Waals surface area contributed by atoms with E-state index < -0.39 is 8.56 Å². The maximum atomic E-state index is 5.83. The summed E-state index contributed by atoms with van der Waals surface area (Å²) in [6.07, 6.45) is 5.70. The highest BCUT2D eigenvalue weighted by Gasteiger charge is 2.58. The predicted molar refractivity (Wildman–Crippen MR) is 82.8 cm³/mol. The van der Waals surface area contributed by atoms with Crippen LogP contribution in [0.3, 0.4) is 0 Å². The summed E-state index contributed by atoms with van der Waals surface area (Å²) < 4.78 is 17.4. The maximum absolute atomic E-state index is 5.83. The SMILES string of the molecule is CCCC1(OC)CCCC[Si]1(OC)OC.CCN.N. The molecule has 0 bridgehead atoms. The van der Waals surface area contributed by atoms with Crippen molar-refractivity contribution in [2.75, 3.05) is 27.9 Å². The van der Waals surface area contributed by atoms with E-state index in [9.17, 15) is 0 Å². The first-order chi connectivity index (χ1) is 8.61. The lowest BCUT2D eigenvalue weighted by atomic mass is 10.1. The average Bonchev–Trinajstić information content (AvgIpc) is 2.40. The van der Waals surface area contributed by atoms with Crippen LogP contribution in [0.25, 0.3) is 0 Å². The van der Waals surface area contributed by atoms with Crippen molar-refractivity contribution >= 4 is 8.56 Å². The molecule has 1 atom stereocenters. The summed E-state index contributed by atoms with van der Waals surface area (Å²) in [5.74, 6) is 0. The van der Waals surface area contributed by atoms with Crippen LogP contribution in [0.5, 0.6) is 0 Å². The van der Waals surface area contributed by atoms with Crippen LogP contribution in [-0.2, 0) is 13.6 Å². The van der Waals surface area contributed by atoms with Crippen LogP contribution >= 0.6 is 0 Å². The van der Waals surface area contributed by atoms with E-state index in [-0.39, 0.29) is 11.4 Å². The molecule has 0 amide bonds. The van der Waals surface area contributed by atoms with Gasteiger partial charge in [0.2, 0.25) is 0 Å². The number of hydrogen-bond donors (Lipinski definition) is 2. The van der Waals surface area contributed by atoms with E-state index in [1.54, 1.807) is 21.3 Å². The third kappa shape index (κ3) is 4.80. The third-order valence-corrected chi connectivity index (χ3v) is 8.16. The number of nitrogens with two attached hydrogens (primary N) is 1. The third-order valence-electron chi connectivity index (χ3n) is 3.73. The van der Waals surface area contributed by atoms with E-state index in [0.29, 0.717) is 0 Å². The van der Waals surface area contributed by atoms with Gasteiger partial charge in [0, 0.05) is 21.3 Å². The fourth-order valence-corrected chi connectivity index (χ4v) is 6.91. The van der Waals surface area contributed by atoms with Gasteiger partial charge in [0.1, 0.15) is 5.22 Å². The fourth-order valence-electron chi connectivity index (χ4n) is 2.92. The second-order valence-corrected chi connectivity index (χ2v) is 8.46. The van der Waals surface area contributed by atoms with Crippen molar-refractivity contribution in [2.45, 2.75) is 57.2 Å². The van der Waals surface area contributed by atoms with Crippen molar-refractivity contribution in [1.82, 2.24) is 6.15 Å². The maximum Gasteiger partial charge on any atom is 0.370 e. The van der Waals surface area contributed by atoms with Gasteiger partial charge in [0.05, 0.1) is 0 Å². The Kier molecular flexibility index (Phi) is 12.1. The van der Waals surface area contributed by atoms with Crippen LogP contribution in [0, 0.1) is 0 Å². The van der Waals surface area contributed by atoms with Crippen LogP contribution < -0.4 is 11.9 Å². The Hall–Kier alpha value is 0.0169. The normalized spacial score (nSPS) is 24.9. The molecular formula is C13H34N2O3Si. The predicted octanol–water partition coefficient (Wildman–Crippen LogP) is 2.76. The average molecular weight is 295 g/mol. The van der Waals surface area contributed by atoms with Crippen LogP contribution in [0.4, 0.5) is 0 Å². The standard InChI is InChI=1S/C11H24O3Si.C2H7N.H3N/c1-5-8-11(12-2)9-6-7-10-15(11,13-3)14-4;1-2-3;/h5-10H2,1-4H3;2-3H2,1H3;1H3. The smallest absolute Gasteiger partial charge is 0.370 e. The van der Waals surface area contributed by atoms with E-state index in [1.165, 1.54) is 12.8 Å². The molecule has 1 heterocycles. The largest absolute Gasteiger partial charge is 0.396 e. The molecule has 0 aromatic carbocycles. The Balaban J connectivity index is 0. The molecule has 6 heteroatoms. The van der Waals surface area contributed by atoms with Gasteiger partial charge in [-0.3, -0.25) is 0 Å². The first kappa shape index (κ1) is 21.3. The molecule has 1 rings (SSSR count). The van der Waals surface area contributed by atoms with Gasteiger partial charge >= 0.3 is 8.56 Å². The zero-order valence-electron chi connectivity index (χ0n) is 13.5. The molecule has 1 aliphatic rings. The van der Waals surface area contributed by atoms with E-state index in [4.69, 9.17) is 19.3 Å². The first-order valence-corrected chi connectivity index (χ1v) is 8.99. The summed E-state index contributed by atoms with van der Waals surface area (Å²) in [6.45, 7) is 4.85. The molecule has 0 saturated carbocycles. The van der Waals surface area contributed by atoms with Crippen molar-refractivity contribution < 1.29 is 13.6 Å². The van der Waals surface area contributed by atoms with Crippen molar-refractivity contribution in [1.29, 1.82) is 0 Å². The van der Waals surface area contributed by atoms with E-state index in [2.05, 4.69) is 6.92 Å². The zero-order chi connectivity index (χ0) is 14.1. The Morgan fingerprint density at radius 1 is 1.11 bits per heavy atom. The molecule has 0 radical (unpaired) electrons. The van der Waals surface area contributed by atoms with Crippen molar-refractivity contribution in [3.63, 3.8) is 0 Å². The highest BCUT2D eigenvalue weighted by molar-refractivity contribution is 6.70. The minimum Gasteiger partial charge on any atom is -0.396 e. The summed E-state index contributed by atoms with van der Waals surface area (Å²) in [5, 5.41) is -0.122. The molecule has 5 N–H and O–H groups in total. The first-order valence-electron chi connectivity index (χ1n) is 6.97. The molecule has 1 fully saturated rings. The summed E-state index contributed by atoms with van der Waals surface area (Å²) in [5.41, 5.74) is 4.85. The summed E-state index contributed by atoms with van der Waals surface area (Å²) in [6, 6.07) is 1.06. The molecule has 19 heavy (non-hydrogen) atoms. The molecule has 0 aromatic rings. The Bertz CT molecular complexity index is 212. The Labute approximate surface area is 120 Å². The monoisotopic (exact) mass is 294 g/mol. The lowest BCUT2D eigenvalue weighted by molar-refractivity contribution is -0.0149. The van der Waals surface area contributed by atoms with Crippen LogP contribution in [0.1, 0.15) is 46.0 Å². The topological polar surface area (TPSA) is 88.7 Å². The highest BCUT2D eigenvalue weighted by Crippen LogP contribution is 2.42. The summed E-state index contributed by atoms with van der Waals surface area (Å²) in [7, 11) is 3.22. The van der Waals surface area contributed by atoms with Gasteiger partial charge in [0.25, 0.3) is 0 Å². The second kappa shape index (κ2) is 10.8. The van der Waals surface area contributed by atoms with Crippen molar-refractivity contribution in [3.8, 4) is 0 Å². The highest BCUT2D eigenvalue weighted by atomic mass is 28.4. The molecule has 1 unspecified atom stereocenters. The molecular weight excluding hydrogens is 260 g/mol. The number of ether oxygens (including phenoxy) is 1. The molecule has 0 aliphatic carbocycles. The Morgan fingerprint density at radius 3 is 2.00 bits per heavy atom. The van der Waals surface area contributed by atoms with Gasteiger partial charge in [-0.2, -0.15) is 0 Å². The number of methoxy groups -OCH3 is 1. The van der Waals surface area contributed by atoms with Gasteiger partial charge in [-0.1, -0.05) is 33.1 Å². The summed E-state index contributed by atoms with van der Waals surface area (Å²) >= 11 is 0. The van der Waals surface area contributed by atoms with Gasteiger partial charge < -0.3 is 25.5 Å². The van der Waals surface area contributed by atoms with Crippen LogP contribution in [0.2, 0.25) is 6.04 Å². The molecule has 0 aromatic heterocycles. The number of rotatable bonds is 5. The van der Waals surface area contributed by atoms with Crippen molar-refractivity contribution in [3.05, 3.63) is 0 Å². The lowest BCUT2D eigenvalue weighted by Crippen LogP contribution is -2.64. The number of hydrogen-bond acceptors (Lipinski definition) is 5. The van der Waals surface area contributed by atoms with Gasteiger partial charge in [-0.25, -0.2) is 0 Å². The van der Waals surface area contributed by atoms with E-state index >= 15 is 0 Å². The van der Waals surface area contributed by atoms with Crippen molar-refractivity contribution in [2.24, 2.45) is 5.73 Å². The Morgan fingerprint density at radius 2 is 1.63 bits per heavy atom. The van der Waals surface area contributed by atoms with Gasteiger partial charge in [-0.05, 0) is 25.4 Å². The van der Waals surface area contributed by atoms with Crippen LogP contribution in [0.15, 0.2) is 0 Å².